The van der Waals surface area contributed by atoms with E-state index in [-0.39, 0.29) is 17.6 Å². The monoisotopic (exact) mass is 371 g/mol. The van der Waals surface area contributed by atoms with Crippen LogP contribution in [0.1, 0.15) is 81.0 Å². The van der Waals surface area contributed by atoms with Gasteiger partial charge in [0.1, 0.15) is 6.10 Å². The molecule has 0 heterocycles. The van der Waals surface area contributed by atoms with E-state index in [1.54, 1.807) is 12.1 Å². The van der Waals surface area contributed by atoms with Crippen LogP contribution in [0.15, 0.2) is 30.3 Å². The van der Waals surface area contributed by atoms with Crippen LogP contribution in [0.5, 0.6) is 0 Å². The fourth-order valence-electron chi connectivity index (χ4n) is 4.72. The van der Waals surface area contributed by atoms with Crippen LogP contribution in [0, 0.1) is 11.8 Å². The smallest absolute Gasteiger partial charge is 0.251 e. The van der Waals surface area contributed by atoms with Crippen molar-refractivity contribution in [1.82, 2.24) is 5.32 Å². The highest BCUT2D eigenvalue weighted by molar-refractivity contribution is 5.95. The van der Waals surface area contributed by atoms with Gasteiger partial charge >= 0.3 is 0 Å². The van der Waals surface area contributed by atoms with E-state index in [1.165, 1.54) is 25.7 Å². The van der Waals surface area contributed by atoms with Gasteiger partial charge in [0.05, 0.1) is 6.04 Å². The maximum absolute atomic E-state index is 12.9. The zero-order valence-corrected chi connectivity index (χ0v) is 16.2. The van der Waals surface area contributed by atoms with Crippen LogP contribution >= 0.6 is 0 Å². The Labute approximate surface area is 162 Å². The minimum atomic E-state index is -1.09. The molecule has 2 fully saturated rings. The SMILES string of the molecule is O=C(N[C@@H](CC1CCCCC1)[C@@H](O)C(=O)C1CCCCC1)c1ccccc1. The largest absolute Gasteiger partial charge is 0.383 e. The molecule has 3 rings (SSSR count). The van der Waals surface area contributed by atoms with Crippen LogP contribution in [0.3, 0.4) is 0 Å². The van der Waals surface area contributed by atoms with Gasteiger partial charge in [-0.1, -0.05) is 69.6 Å². The predicted octanol–water partition coefficient (Wildman–Crippen LogP) is 4.27. The first-order valence-electron chi connectivity index (χ1n) is 10.7. The van der Waals surface area contributed by atoms with Crippen LogP contribution in [-0.4, -0.2) is 28.9 Å². The maximum Gasteiger partial charge on any atom is 0.251 e. The highest BCUT2D eigenvalue weighted by Gasteiger charge is 2.34. The molecule has 0 spiro atoms. The van der Waals surface area contributed by atoms with Gasteiger partial charge in [0.25, 0.3) is 5.91 Å². The zero-order valence-electron chi connectivity index (χ0n) is 16.2. The average Bonchev–Trinajstić information content (AvgIpc) is 2.74. The number of carbonyl (C=O) groups excluding carboxylic acids is 2. The Balaban J connectivity index is 1.69. The van der Waals surface area contributed by atoms with Gasteiger partial charge in [-0.15, -0.1) is 0 Å². The standard InChI is InChI=1S/C23H33NO3/c25-21(18-12-6-2-7-13-18)22(26)20(16-17-10-4-1-5-11-17)24-23(27)19-14-8-3-9-15-19/h3,8-9,14-15,17-18,20,22,26H,1-2,4-7,10-13,16H2,(H,24,27)/t20-,22+/m0/s1. The molecule has 0 aromatic heterocycles. The summed E-state index contributed by atoms with van der Waals surface area (Å²) in [7, 11) is 0. The van der Waals surface area contributed by atoms with E-state index < -0.39 is 12.1 Å². The molecular weight excluding hydrogens is 338 g/mol. The summed E-state index contributed by atoms with van der Waals surface area (Å²) in [5, 5.41) is 13.9. The van der Waals surface area contributed by atoms with Crippen molar-refractivity contribution in [3.05, 3.63) is 35.9 Å². The Bertz CT molecular complexity index is 603. The molecule has 4 nitrogen and oxygen atoms in total. The van der Waals surface area contributed by atoms with Crippen LogP contribution in [0.25, 0.3) is 0 Å². The fraction of sp³-hybridized carbons (Fsp3) is 0.652. The van der Waals surface area contributed by atoms with Crippen LogP contribution in [-0.2, 0) is 4.79 Å². The van der Waals surface area contributed by atoms with E-state index in [0.717, 1.165) is 38.5 Å². The van der Waals surface area contributed by atoms with Crippen molar-refractivity contribution in [2.24, 2.45) is 11.8 Å². The number of ketones is 1. The van der Waals surface area contributed by atoms with E-state index in [2.05, 4.69) is 5.32 Å². The first-order valence-corrected chi connectivity index (χ1v) is 10.7. The van der Waals surface area contributed by atoms with E-state index in [9.17, 15) is 14.7 Å². The highest BCUT2D eigenvalue weighted by Crippen LogP contribution is 2.30. The molecule has 2 aliphatic rings. The molecule has 148 valence electrons. The van der Waals surface area contributed by atoms with E-state index in [4.69, 9.17) is 0 Å². The van der Waals surface area contributed by atoms with Gasteiger partial charge in [0.15, 0.2) is 5.78 Å². The second-order valence-electron chi connectivity index (χ2n) is 8.37. The molecule has 2 aliphatic carbocycles. The summed E-state index contributed by atoms with van der Waals surface area (Å²) in [5.74, 6) is 0.167. The van der Waals surface area contributed by atoms with Crippen molar-refractivity contribution < 1.29 is 14.7 Å². The molecule has 1 amide bonds. The fourth-order valence-corrected chi connectivity index (χ4v) is 4.72. The molecule has 0 aliphatic heterocycles. The summed E-state index contributed by atoms with van der Waals surface area (Å²) in [6.07, 6.45) is 10.6. The first kappa shape index (κ1) is 20.1. The van der Waals surface area contributed by atoms with Gasteiger partial charge in [-0.05, 0) is 37.3 Å². The Hall–Kier alpha value is -1.68. The Kier molecular flexibility index (Phi) is 7.45. The molecule has 27 heavy (non-hydrogen) atoms. The lowest BCUT2D eigenvalue weighted by molar-refractivity contribution is -0.133. The van der Waals surface area contributed by atoms with Crippen LogP contribution in [0.2, 0.25) is 0 Å². The van der Waals surface area contributed by atoms with Crippen molar-refractivity contribution in [2.75, 3.05) is 0 Å². The Morgan fingerprint density at radius 2 is 1.52 bits per heavy atom. The number of aliphatic hydroxyl groups excluding tert-OH is 1. The number of carbonyl (C=O) groups is 2. The van der Waals surface area contributed by atoms with E-state index >= 15 is 0 Å². The number of rotatable bonds is 7. The first-order chi connectivity index (χ1) is 13.1. The second kappa shape index (κ2) is 10.0. The number of Topliss-reactive ketones (excluding diaryl/α,β-unsaturated/α-hetero) is 1. The highest BCUT2D eigenvalue weighted by atomic mass is 16.3. The molecule has 1 aromatic carbocycles. The summed E-state index contributed by atoms with van der Waals surface area (Å²) in [4.78, 5) is 25.6. The number of hydrogen-bond acceptors (Lipinski definition) is 3. The molecule has 0 bridgehead atoms. The van der Waals surface area contributed by atoms with Gasteiger partial charge in [-0.25, -0.2) is 0 Å². The van der Waals surface area contributed by atoms with Gasteiger partial charge in [0.2, 0.25) is 0 Å². The van der Waals surface area contributed by atoms with Gasteiger partial charge < -0.3 is 10.4 Å². The average molecular weight is 372 g/mol. The van der Waals surface area contributed by atoms with Crippen LogP contribution in [0.4, 0.5) is 0 Å². The molecule has 0 radical (unpaired) electrons. The summed E-state index contributed by atoms with van der Waals surface area (Å²) < 4.78 is 0. The van der Waals surface area contributed by atoms with Gasteiger partial charge in [-0.2, -0.15) is 0 Å². The third-order valence-corrected chi connectivity index (χ3v) is 6.34. The lowest BCUT2D eigenvalue weighted by atomic mass is 9.79. The van der Waals surface area contributed by atoms with Crippen molar-refractivity contribution in [1.29, 1.82) is 0 Å². The van der Waals surface area contributed by atoms with Crippen molar-refractivity contribution in [2.45, 2.75) is 82.8 Å². The molecule has 4 heteroatoms. The number of benzene rings is 1. The molecule has 0 saturated heterocycles. The lowest BCUT2D eigenvalue weighted by Crippen LogP contribution is -2.49. The lowest BCUT2D eigenvalue weighted by Gasteiger charge is -2.32. The summed E-state index contributed by atoms with van der Waals surface area (Å²) in [5.41, 5.74) is 0.573. The quantitative estimate of drug-likeness (QED) is 0.752. The third-order valence-electron chi connectivity index (χ3n) is 6.34. The van der Waals surface area contributed by atoms with Crippen LogP contribution < -0.4 is 5.32 Å². The van der Waals surface area contributed by atoms with Gasteiger partial charge in [-0.3, -0.25) is 9.59 Å². The minimum absolute atomic E-state index is 0.0452. The van der Waals surface area contributed by atoms with Crippen molar-refractivity contribution >= 4 is 11.7 Å². The summed E-state index contributed by atoms with van der Waals surface area (Å²) in [6.45, 7) is 0. The molecule has 2 saturated carbocycles. The van der Waals surface area contributed by atoms with Crippen molar-refractivity contribution in [3.63, 3.8) is 0 Å². The van der Waals surface area contributed by atoms with Gasteiger partial charge in [0, 0.05) is 11.5 Å². The molecule has 1 aromatic rings. The molecule has 2 atom stereocenters. The van der Waals surface area contributed by atoms with E-state index in [1.807, 2.05) is 18.2 Å². The number of aliphatic hydroxyl groups is 1. The minimum Gasteiger partial charge on any atom is -0.383 e. The zero-order chi connectivity index (χ0) is 19.1. The van der Waals surface area contributed by atoms with E-state index in [0.29, 0.717) is 17.9 Å². The third kappa shape index (κ3) is 5.65. The Morgan fingerprint density at radius 1 is 0.926 bits per heavy atom. The maximum atomic E-state index is 12.9. The predicted molar refractivity (Wildman–Crippen MR) is 106 cm³/mol. The van der Waals surface area contributed by atoms with Crippen molar-refractivity contribution in [3.8, 4) is 0 Å². The topological polar surface area (TPSA) is 66.4 Å². The number of nitrogens with one attached hydrogen (secondary N) is 1. The normalized spacial score (nSPS) is 21.4. The summed E-state index contributed by atoms with van der Waals surface area (Å²) >= 11 is 0. The number of amides is 1. The number of hydrogen-bond donors (Lipinski definition) is 2. The second-order valence-corrected chi connectivity index (χ2v) is 8.37. The Morgan fingerprint density at radius 3 is 2.15 bits per heavy atom. The molecule has 2 N–H and O–H groups in total. The molecular formula is C23H33NO3. The summed E-state index contributed by atoms with van der Waals surface area (Å²) in [6, 6.07) is 8.57. The molecule has 0 unspecified atom stereocenters.